The first-order chi connectivity index (χ1) is 8.33. The second-order valence-electron chi connectivity index (χ2n) is 4.78. The Kier molecular flexibility index (Phi) is 3.36. The number of rotatable bonds is 1. The summed E-state index contributed by atoms with van der Waals surface area (Å²) in [5.41, 5.74) is -2.22. The molecule has 0 spiro atoms. The topological polar surface area (TPSA) is 20.2 Å². The lowest BCUT2D eigenvalue weighted by atomic mass is 9.79. The van der Waals surface area contributed by atoms with Crippen LogP contribution in [-0.4, -0.2) is 5.11 Å². The molecular weight excluding hydrogens is 248 g/mol. The molecule has 2 rings (SSSR count). The van der Waals surface area contributed by atoms with E-state index in [9.17, 15) is 22.7 Å². The monoisotopic (exact) mass is 262 g/mol. The molecule has 0 aliphatic heterocycles. The number of alkyl halides is 3. The Morgan fingerprint density at radius 1 is 1.06 bits per heavy atom. The van der Waals surface area contributed by atoms with Crippen molar-refractivity contribution in [1.82, 2.24) is 0 Å². The van der Waals surface area contributed by atoms with Crippen LogP contribution in [0.2, 0.25) is 0 Å². The average Bonchev–Trinajstić information content (AvgIpc) is 2.28. The van der Waals surface area contributed by atoms with Gasteiger partial charge in [-0.3, -0.25) is 0 Å². The summed E-state index contributed by atoms with van der Waals surface area (Å²) in [4.78, 5) is 0. The van der Waals surface area contributed by atoms with Gasteiger partial charge in [-0.2, -0.15) is 13.2 Å². The molecule has 100 valence electrons. The summed E-state index contributed by atoms with van der Waals surface area (Å²) in [6.45, 7) is 0. The van der Waals surface area contributed by atoms with Crippen LogP contribution in [0.5, 0.6) is 0 Å². The van der Waals surface area contributed by atoms with Gasteiger partial charge in [-0.15, -0.1) is 0 Å². The van der Waals surface area contributed by atoms with E-state index >= 15 is 0 Å². The third-order valence-electron chi connectivity index (χ3n) is 3.49. The van der Waals surface area contributed by atoms with E-state index in [4.69, 9.17) is 0 Å². The molecule has 1 aliphatic carbocycles. The minimum absolute atomic E-state index is 0.243. The maximum atomic E-state index is 13.4. The van der Waals surface area contributed by atoms with Gasteiger partial charge in [0.1, 0.15) is 5.82 Å². The molecule has 0 bridgehead atoms. The van der Waals surface area contributed by atoms with Crippen LogP contribution in [0.15, 0.2) is 18.2 Å². The smallest absolute Gasteiger partial charge is 0.385 e. The Bertz CT molecular complexity index is 433. The first kappa shape index (κ1) is 13.3. The van der Waals surface area contributed by atoms with Crippen LogP contribution in [0, 0.1) is 5.82 Å². The summed E-state index contributed by atoms with van der Waals surface area (Å²) < 4.78 is 50.7. The molecule has 5 heteroatoms. The van der Waals surface area contributed by atoms with E-state index in [1.807, 2.05) is 0 Å². The summed E-state index contributed by atoms with van der Waals surface area (Å²) in [7, 11) is 0. The zero-order valence-electron chi connectivity index (χ0n) is 9.73. The Morgan fingerprint density at radius 3 is 2.17 bits per heavy atom. The van der Waals surface area contributed by atoms with E-state index in [0.717, 1.165) is 25.3 Å². The number of hydrogen-bond donors (Lipinski definition) is 1. The summed E-state index contributed by atoms with van der Waals surface area (Å²) in [5.74, 6) is -1.32. The quantitative estimate of drug-likeness (QED) is 0.758. The zero-order chi connectivity index (χ0) is 13.4. The SMILES string of the molecule is OC1(c2ccc(C(F)(F)F)c(F)c2)CCCCC1. The van der Waals surface area contributed by atoms with Crippen LogP contribution in [0.3, 0.4) is 0 Å². The summed E-state index contributed by atoms with van der Waals surface area (Å²) in [6.07, 6.45) is -1.16. The molecule has 1 aromatic carbocycles. The van der Waals surface area contributed by atoms with Gasteiger partial charge in [0, 0.05) is 0 Å². The first-order valence-electron chi connectivity index (χ1n) is 5.92. The highest BCUT2D eigenvalue weighted by Crippen LogP contribution is 2.39. The van der Waals surface area contributed by atoms with Gasteiger partial charge in [-0.05, 0) is 30.5 Å². The van der Waals surface area contributed by atoms with Crippen LogP contribution >= 0.6 is 0 Å². The predicted octanol–water partition coefficient (Wildman–Crippen LogP) is 4.00. The predicted molar refractivity (Wildman–Crippen MR) is 58.4 cm³/mol. The largest absolute Gasteiger partial charge is 0.419 e. The van der Waals surface area contributed by atoms with E-state index in [-0.39, 0.29) is 5.56 Å². The fourth-order valence-electron chi connectivity index (χ4n) is 2.46. The van der Waals surface area contributed by atoms with Crippen molar-refractivity contribution in [2.45, 2.75) is 43.9 Å². The van der Waals surface area contributed by atoms with Crippen LogP contribution < -0.4 is 0 Å². The summed E-state index contributed by atoms with van der Waals surface area (Å²) in [5, 5.41) is 10.3. The van der Waals surface area contributed by atoms with Crippen molar-refractivity contribution in [2.24, 2.45) is 0 Å². The van der Waals surface area contributed by atoms with Gasteiger partial charge < -0.3 is 5.11 Å². The maximum absolute atomic E-state index is 13.4. The molecule has 0 atom stereocenters. The standard InChI is InChI=1S/C13H14F4O/c14-11-8-9(4-5-10(11)13(15,16)17)12(18)6-2-1-3-7-12/h4-5,8,18H,1-3,6-7H2. The Labute approximate surface area is 102 Å². The van der Waals surface area contributed by atoms with Crippen LogP contribution in [-0.2, 0) is 11.8 Å². The Morgan fingerprint density at radius 2 is 1.67 bits per heavy atom. The molecule has 1 saturated carbocycles. The fourth-order valence-corrected chi connectivity index (χ4v) is 2.46. The molecule has 0 unspecified atom stereocenters. The molecule has 18 heavy (non-hydrogen) atoms. The van der Waals surface area contributed by atoms with Crippen molar-refractivity contribution in [1.29, 1.82) is 0 Å². The van der Waals surface area contributed by atoms with E-state index in [2.05, 4.69) is 0 Å². The van der Waals surface area contributed by atoms with Crippen LogP contribution in [0.25, 0.3) is 0 Å². The second-order valence-corrected chi connectivity index (χ2v) is 4.78. The fraction of sp³-hybridized carbons (Fsp3) is 0.538. The van der Waals surface area contributed by atoms with Gasteiger partial charge in [0.2, 0.25) is 0 Å². The molecule has 0 heterocycles. The highest BCUT2D eigenvalue weighted by molar-refractivity contribution is 5.30. The maximum Gasteiger partial charge on any atom is 0.419 e. The number of aliphatic hydroxyl groups is 1. The van der Waals surface area contributed by atoms with E-state index < -0.39 is 23.2 Å². The lowest BCUT2D eigenvalue weighted by molar-refractivity contribution is -0.140. The average molecular weight is 262 g/mol. The van der Waals surface area contributed by atoms with Gasteiger partial charge >= 0.3 is 6.18 Å². The molecule has 1 fully saturated rings. The molecule has 1 N–H and O–H groups in total. The molecule has 0 aromatic heterocycles. The van der Waals surface area contributed by atoms with Crippen molar-refractivity contribution >= 4 is 0 Å². The summed E-state index contributed by atoms with van der Waals surface area (Å²) in [6, 6.07) is 2.70. The minimum atomic E-state index is -4.70. The Hall–Kier alpha value is -1.10. The lowest BCUT2D eigenvalue weighted by Crippen LogP contribution is -2.28. The zero-order valence-corrected chi connectivity index (χ0v) is 9.73. The van der Waals surface area contributed by atoms with E-state index in [1.54, 1.807) is 0 Å². The summed E-state index contributed by atoms with van der Waals surface area (Å²) >= 11 is 0. The highest BCUT2D eigenvalue weighted by Gasteiger charge is 2.36. The van der Waals surface area contributed by atoms with Crippen LogP contribution in [0.1, 0.15) is 43.2 Å². The molecule has 1 aromatic rings. The third kappa shape index (κ3) is 2.51. The highest BCUT2D eigenvalue weighted by atomic mass is 19.4. The van der Waals surface area contributed by atoms with Crippen molar-refractivity contribution in [3.05, 3.63) is 35.1 Å². The van der Waals surface area contributed by atoms with Crippen LogP contribution in [0.4, 0.5) is 17.6 Å². The second kappa shape index (κ2) is 4.53. The lowest BCUT2D eigenvalue weighted by Gasteiger charge is -2.32. The molecule has 1 nitrogen and oxygen atoms in total. The molecular formula is C13H14F4O. The number of halogens is 4. The van der Waals surface area contributed by atoms with Gasteiger partial charge in [0.15, 0.2) is 0 Å². The van der Waals surface area contributed by atoms with Crippen molar-refractivity contribution in [3.8, 4) is 0 Å². The Balaban J connectivity index is 2.34. The third-order valence-corrected chi connectivity index (χ3v) is 3.49. The molecule has 0 amide bonds. The van der Waals surface area contributed by atoms with Gasteiger partial charge in [-0.1, -0.05) is 25.3 Å². The minimum Gasteiger partial charge on any atom is -0.385 e. The van der Waals surface area contributed by atoms with E-state index in [0.29, 0.717) is 18.9 Å². The van der Waals surface area contributed by atoms with Crippen molar-refractivity contribution < 1.29 is 22.7 Å². The molecule has 0 radical (unpaired) electrons. The van der Waals surface area contributed by atoms with Gasteiger partial charge in [-0.25, -0.2) is 4.39 Å². The van der Waals surface area contributed by atoms with E-state index in [1.165, 1.54) is 6.07 Å². The number of hydrogen-bond acceptors (Lipinski definition) is 1. The van der Waals surface area contributed by atoms with Gasteiger partial charge in [0.25, 0.3) is 0 Å². The van der Waals surface area contributed by atoms with Gasteiger partial charge in [0.05, 0.1) is 11.2 Å². The first-order valence-corrected chi connectivity index (χ1v) is 5.92. The number of benzene rings is 1. The molecule has 1 aliphatic rings. The van der Waals surface area contributed by atoms with Crippen molar-refractivity contribution in [3.63, 3.8) is 0 Å². The molecule has 0 saturated heterocycles. The normalized spacial score (nSPS) is 19.8. The van der Waals surface area contributed by atoms with Crippen molar-refractivity contribution in [2.75, 3.05) is 0 Å².